The Morgan fingerprint density at radius 2 is 2.26 bits per heavy atom. The van der Waals surface area contributed by atoms with Crippen LogP contribution in [-0.4, -0.2) is 17.3 Å². The molecule has 5 heteroatoms. The van der Waals surface area contributed by atoms with Crippen molar-refractivity contribution < 1.29 is 9.26 Å². The molecule has 1 unspecified atom stereocenters. The van der Waals surface area contributed by atoms with Crippen LogP contribution in [0.3, 0.4) is 0 Å². The van der Waals surface area contributed by atoms with E-state index in [1.165, 1.54) is 0 Å². The first kappa shape index (κ1) is 14.0. The number of hydrogen-bond donors (Lipinski definition) is 0. The van der Waals surface area contributed by atoms with E-state index in [0.717, 1.165) is 25.7 Å². The minimum Gasteiger partial charge on any atom is -0.370 e. The highest BCUT2D eigenvalue weighted by molar-refractivity contribution is 5.07. The molecule has 1 aliphatic carbocycles. The maximum atomic E-state index is 8.89. The Labute approximate surface area is 113 Å². The van der Waals surface area contributed by atoms with Crippen LogP contribution in [0.15, 0.2) is 4.52 Å². The molecule has 0 radical (unpaired) electrons. The minimum atomic E-state index is -0.334. The minimum absolute atomic E-state index is 0.0988. The molecule has 1 heterocycles. The fourth-order valence-electron chi connectivity index (χ4n) is 2.40. The topological polar surface area (TPSA) is 71.9 Å². The Bertz CT molecular complexity index is 468. The van der Waals surface area contributed by atoms with E-state index in [-0.39, 0.29) is 11.0 Å². The van der Waals surface area contributed by atoms with Gasteiger partial charge in [-0.3, -0.25) is 0 Å². The molecule has 1 atom stereocenters. The summed E-state index contributed by atoms with van der Waals surface area (Å²) in [5.74, 6) is 1.27. The first-order chi connectivity index (χ1) is 9.07. The van der Waals surface area contributed by atoms with Gasteiger partial charge in [0.25, 0.3) is 0 Å². The molecule has 19 heavy (non-hydrogen) atoms. The van der Waals surface area contributed by atoms with Crippen molar-refractivity contribution in [3.05, 3.63) is 11.7 Å². The van der Waals surface area contributed by atoms with Crippen LogP contribution in [0, 0.1) is 16.7 Å². The molecule has 0 aromatic carbocycles. The summed E-state index contributed by atoms with van der Waals surface area (Å²) in [6, 6.07) is 2.24. The summed E-state index contributed by atoms with van der Waals surface area (Å²) >= 11 is 0. The maximum Gasteiger partial charge on any atom is 0.227 e. The Balaban J connectivity index is 2.11. The number of ether oxygens (including phenoxy) is 1. The lowest BCUT2D eigenvalue weighted by Gasteiger charge is -2.37. The molecular formula is C14H21N3O2. The van der Waals surface area contributed by atoms with E-state index in [1.54, 1.807) is 7.11 Å². The molecule has 2 rings (SSSR count). The number of methoxy groups -OCH3 is 1. The standard InChI is InChI=1S/C14H21N3O2/c1-4-13(2,8-9-15)10-11-16-12(17-19-11)14(18-3)6-5-7-14/h4-8,10H2,1-3H3. The third-order valence-corrected chi connectivity index (χ3v) is 4.36. The van der Waals surface area contributed by atoms with Gasteiger partial charge in [-0.05, 0) is 31.1 Å². The van der Waals surface area contributed by atoms with Crippen LogP contribution in [0.25, 0.3) is 0 Å². The van der Waals surface area contributed by atoms with Crippen molar-refractivity contribution in [2.24, 2.45) is 5.41 Å². The second kappa shape index (κ2) is 5.30. The predicted molar refractivity (Wildman–Crippen MR) is 69.2 cm³/mol. The third-order valence-electron chi connectivity index (χ3n) is 4.36. The van der Waals surface area contributed by atoms with Crippen molar-refractivity contribution in [2.75, 3.05) is 7.11 Å². The van der Waals surface area contributed by atoms with Crippen LogP contribution < -0.4 is 0 Å². The summed E-state index contributed by atoms with van der Waals surface area (Å²) in [5, 5.41) is 13.0. The number of rotatable bonds is 6. The van der Waals surface area contributed by atoms with Gasteiger partial charge in [0, 0.05) is 20.0 Å². The molecule has 1 aromatic heterocycles. The van der Waals surface area contributed by atoms with E-state index in [9.17, 15) is 0 Å². The van der Waals surface area contributed by atoms with E-state index >= 15 is 0 Å². The molecule has 0 bridgehead atoms. The lowest BCUT2D eigenvalue weighted by atomic mass is 9.79. The van der Waals surface area contributed by atoms with Crippen LogP contribution in [0.4, 0.5) is 0 Å². The van der Waals surface area contributed by atoms with Crippen molar-refractivity contribution in [1.29, 1.82) is 5.26 Å². The molecule has 1 saturated carbocycles. The Hall–Kier alpha value is -1.41. The van der Waals surface area contributed by atoms with Gasteiger partial charge in [-0.25, -0.2) is 0 Å². The fourth-order valence-corrected chi connectivity index (χ4v) is 2.40. The van der Waals surface area contributed by atoms with Crippen molar-refractivity contribution in [2.45, 2.75) is 58.0 Å². The zero-order chi connectivity index (χ0) is 13.9. The average Bonchev–Trinajstić information content (AvgIpc) is 2.77. The van der Waals surface area contributed by atoms with Crippen LogP contribution in [0.2, 0.25) is 0 Å². The summed E-state index contributed by atoms with van der Waals surface area (Å²) < 4.78 is 10.9. The second-order valence-electron chi connectivity index (χ2n) is 5.74. The zero-order valence-electron chi connectivity index (χ0n) is 11.9. The number of aromatic nitrogens is 2. The van der Waals surface area contributed by atoms with Gasteiger partial charge in [-0.15, -0.1) is 0 Å². The molecule has 5 nitrogen and oxygen atoms in total. The van der Waals surface area contributed by atoms with Crippen molar-refractivity contribution >= 4 is 0 Å². The smallest absolute Gasteiger partial charge is 0.227 e. The third kappa shape index (κ3) is 2.64. The zero-order valence-corrected chi connectivity index (χ0v) is 11.9. The van der Waals surface area contributed by atoms with Gasteiger partial charge in [0.15, 0.2) is 0 Å². The molecule has 0 N–H and O–H groups in total. The van der Waals surface area contributed by atoms with E-state index < -0.39 is 0 Å². The highest BCUT2D eigenvalue weighted by atomic mass is 16.5. The monoisotopic (exact) mass is 263 g/mol. The van der Waals surface area contributed by atoms with Crippen LogP contribution >= 0.6 is 0 Å². The van der Waals surface area contributed by atoms with E-state index in [2.05, 4.69) is 30.1 Å². The summed E-state index contributed by atoms with van der Waals surface area (Å²) in [6.07, 6.45) is 5.09. The summed E-state index contributed by atoms with van der Waals surface area (Å²) in [5.41, 5.74) is -0.433. The SMILES string of the molecule is CCC(C)(CC#N)Cc1nc(C2(OC)CCC2)no1. The lowest BCUT2D eigenvalue weighted by Crippen LogP contribution is -2.37. The number of hydrogen-bond acceptors (Lipinski definition) is 5. The molecule has 104 valence electrons. The van der Waals surface area contributed by atoms with Crippen LogP contribution in [-0.2, 0) is 16.8 Å². The van der Waals surface area contributed by atoms with E-state index in [0.29, 0.717) is 24.6 Å². The molecule has 0 spiro atoms. The second-order valence-corrected chi connectivity index (χ2v) is 5.74. The highest BCUT2D eigenvalue weighted by Gasteiger charge is 2.43. The van der Waals surface area contributed by atoms with E-state index in [1.807, 2.05) is 0 Å². The highest BCUT2D eigenvalue weighted by Crippen LogP contribution is 2.43. The molecular weight excluding hydrogens is 242 g/mol. The van der Waals surface area contributed by atoms with Crippen molar-refractivity contribution in [1.82, 2.24) is 10.1 Å². The maximum absolute atomic E-state index is 8.89. The lowest BCUT2D eigenvalue weighted by molar-refractivity contribution is -0.0858. The molecule has 0 amide bonds. The molecule has 0 saturated heterocycles. The quantitative estimate of drug-likeness (QED) is 0.789. The molecule has 0 aliphatic heterocycles. The van der Waals surface area contributed by atoms with Gasteiger partial charge >= 0.3 is 0 Å². The van der Waals surface area contributed by atoms with Crippen molar-refractivity contribution in [3.63, 3.8) is 0 Å². The van der Waals surface area contributed by atoms with Gasteiger partial charge in [0.1, 0.15) is 5.60 Å². The van der Waals surface area contributed by atoms with Gasteiger partial charge in [0.05, 0.1) is 6.07 Å². The average molecular weight is 263 g/mol. The largest absolute Gasteiger partial charge is 0.370 e. The van der Waals surface area contributed by atoms with Crippen molar-refractivity contribution in [3.8, 4) is 6.07 Å². The number of nitrogens with zero attached hydrogens (tertiary/aromatic N) is 3. The summed E-state index contributed by atoms with van der Waals surface area (Å²) in [7, 11) is 1.70. The first-order valence-corrected chi connectivity index (χ1v) is 6.83. The van der Waals surface area contributed by atoms with Crippen LogP contribution in [0.5, 0.6) is 0 Å². The molecule has 1 aliphatic rings. The Kier molecular flexibility index (Phi) is 3.91. The Morgan fingerprint density at radius 3 is 2.74 bits per heavy atom. The van der Waals surface area contributed by atoms with E-state index in [4.69, 9.17) is 14.5 Å². The fraction of sp³-hybridized carbons (Fsp3) is 0.786. The summed E-state index contributed by atoms with van der Waals surface area (Å²) in [4.78, 5) is 4.48. The number of nitriles is 1. The first-order valence-electron chi connectivity index (χ1n) is 6.83. The molecule has 1 aromatic rings. The van der Waals surface area contributed by atoms with Crippen LogP contribution in [0.1, 0.15) is 57.7 Å². The van der Waals surface area contributed by atoms with Gasteiger partial charge in [-0.2, -0.15) is 10.2 Å². The van der Waals surface area contributed by atoms with Gasteiger partial charge < -0.3 is 9.26 Å². The molecule has 1 fully saturated rings. The van der Waals surface area contributed by atoms with Gasteiger partial charge in [0.2, 0.25) is 11.7 Å². The predicted octanol–water partition coefficient (Wildman–Crippen LogP) is 2.97. The Morgan fingerprint density at radius 1 is 1.53 bits per heavy atom. The summed E-state index contributed by atoms with van der Waals surface area (Å²) in [6.45, 7) is 4.16. The normalized spacial score (nSPS) is 20.3. The van der Waals surface area contributed by atoms with Gasteiger partial charge in [-0.1, -0.05) is 19.0 Å².